The second kappa shape index (κ2) is 5.69. The average molecular weight is 191 g/mol. The van der Waals surface area contributed by atoms with Crippen LogP contribution in [0.1, 0.15) is 32.3 Å². The van der Waals surface area contributed by atoms with E-state index >= 15 is 0 Å². The summed E-state index contributed by atoms with van der Waals surface area (Å²) in [6.07, 6.45) is 3.91. The Hall–Kier alpha value is -0.980. The highest BCUT2D eigenvalue weighted by Crippen LogP contribution is 2.24. The monoisotopic (exact) mass is 191 g/mol. The molecule has 1 heterocycles. The van der Waals surface area contributed by atoms with E-state index in [1.165, 1.54) is 37.1 Å². The maximum absolute atomic E-state index is 2.36. The van der Waals surface area contributed by atoms with Gasteiger partial charge < -0.3 is 4.90 Å². The SMILES string of the molecule is CC.CN1CCCCc2ccccc21. The zero-order chi connectivity index (χ0) is 10.4. The molecule has 1 nitrogen and oxygen atoms in total. The lowest BCUT2D eigenvalue weighted by molar-refractivity contribution is 0.750. The van der Waals surface area contributed by atoms with Crippen LogP contribution in [0.5, 0.6) is 0 Å². The minimum Gasteiger partial charge on any atom is -0.374 e. The van der Waals surface area contributed by atoms with Gasteiger partial charge >= 0.3 is 0 Å². The molecule has 1 heteroatoms. The van der Waals surface area contributed by atoms with Crippen LogP contribution in [0.25, 0.3) is 0 Å². The van der Waals surface area contributed by atoms with E-state index in [1.54, 1.807) is 0 Å². The zero-order valence-corrected chi connectivity index (χ0v) is 9.59. The molecule has 0 unspecified atom stereocenters. The van der Waals surface area contributed by atoms with E-state index in [4.69, 9.17) is 0 Å². The molecule has 0 fully saturated rings. The van der Waals surface area contributed by atoms with Crippen LogP contribution in [0, 0.1) is 0 Å². The molecule has 0 amide bonds. The minimum absolute atomic E-state index is 1.21. The summed E-state index contributed by atoms with van der Waals surface area (Å²) < 4.78 is 0. The van der Waals surface area contributed by atoms with E-state index in [0.717, 1.165) is 0 Å². The van der Waals surface area contributed by atoms with Crippen molar-refractivity contribution in [1.29, 1.82) is 0 Å². The van der Waals surface area contributed by atoms with Crippen molar-refractivity contribution in [2.75, 3.05) is 18.5 Å². The van der Waals surface area contributed by atoms with Gasteiger partial charge in [-0.2, -0.15) is 0 Å². The third-order valence-electron chi connectivity index (χ3n) is 2.59. The molecule has 1 aliphatic rings. The molecule has 0 spiro atoms. The van der Waals surface area contributed by atoms with Crippen LogP contribution in [0.3, 0.4) is 0 Å². The third-order valence-corrected chi connectivity index (χ3v) is 2.59. The number of benzene rings is 1. The van der Waals surface area contributed by atoms with E-state index in [2.05, 4.69) is 36.2 Å². The summed E-state index contributed by atoms with van der Waals surface area (Å²) in [6, 6.07) is 8.73. The van der Waals surface area contributed by atoms with Crippen LogP contribution >= 0.6 is 0 Å². The number of nitrogens with zero attached hydrogens (tertiary/aromatic N) is 1. The van der Waals surface area contributed by atoms with Crippen LogP contribution in [-0.2, 0) is 6.42 Å². The Morgan fingerprint density at radius 3 is 2.57 bits per heavy atom. The maximum atomic E-state index is 2.36. The van der Waals surface area contributed by atoms with Gasteiger partial charge in [0.1, 0.15) is 0 Å². The van der Waals surface area contributed by atoms with Gasteiger partial charge in [0.05, 0.1) is 0 Å². The highest BCUT2D eigenvalue weighted by molar-refractivity contribution is 5.53. The summed E-state index contributed by atoms with van der Waals surface area (Å²) >= 11 is 0. The Morgan fingerprint density at radius 2 is 1.79 bits per heavy atom. The van der Waals surface area contributed by atoms with E-state index < -0.39 is 0 Å². The quantitative estimate of drug-likeness (QED) is 0.607. The van der Waals surface area contributed by atoms with Crippen molar-refractivity contribution < 1.29 is 0 Å². The molecule has 0 saturated heterocycles. The second-order valence-corrected chi connectivity index (χ2v) is 3.51. The Morgan fingerprint density at radius 1 is 1.07 bits per heavy atom. The maximum Gasteiger partial charge on any atom is 0.0396 e. The van der Waals surface area contributed by atoms with Gasteiger partial charge in [-0.15, -0.1) is 0 Å². The van der Waals surface area contributed by atoms with Crippen LogP contribution < -0.4 is 4.90 Å². The summed E-state index contributed by atoms with van der Waals surface area (Å²) in [5.41, 5.74) is 2.94. The molecule has 1 aromatic carbocycles. The molecular weight excluding hydrogens is 170 g/mol. The number of hydrogen-bond acceptors (Lipinski definition) is 1. The van der Waals surface area contributed by atoms with Crippen molar-refractivity contribution in [2.45, 2.75) is 33.1 Å². The molecule has 1 aromatic rings. The first-order valence-corrected chi connectivity index (χ1v) is 5.67. The van der Waals surface area contributed by atoms with Crippen LogP contribution in [-0.4, -0.2) is 13.6 Å². The first-order valence-electron chi connectivity index (χ1n) is 5.67. The van der Waals surface area contributed by atoms with Crippen molar-refractivity contribution in [3.8, 4) is 0 Å². The number of fused-ring (bicyclic) bond motifs is 1. The Bertz CT molecular complexity index is 268. The smallest absolute Gasteiger partial charge is 0.0396 e. The molecule has 0 radical (unpaired) electrons. The van der Waals surface area contributed by atoms with Crippen molar-refractivity contribution >= 4 is 5.69 Å². The molecule has 14 heavy (non-hydrogen) atoms. The van der Waals surface area contributed by atoms with Gasteiger partial charge in [-0.05, 0) is 30.9 Å². The lowest BCUT2D eigenvalue weighted by Gasteiger charge is -2.18. The second-order valence-electron chi connectivity index (χ2n) is 3.51. The molecule has 0 saturated carbocycles. The number of para-hydroxylation sites is 1. The highest BCUT2D eigenvalue weighted by atomic mass is 15.1. The van der Waals surface area contributed by atoms with Gasteiger partial charge in [0.15, 0.2) is 0 Å². The van der Waals surface area contributed by atoms with Crippen LogP contribution in [0.15, 0.2) is 24.3 Å². The Labute approximate surface area is 87.7 Å². The van der Waals surface area contributed by atoms with Crippen molar-refractivity contribution in [3.63, 3.8) is 0 Å². The fourth-order valence-corrected chi connectivity index (χ4v) is 1.88. The van der Waals surface area contributed by atoms with E-state index in [1.807, 2.05) is 13.8 Å². The van der Waals surface area contributed by atoms with E-state index in [0.29, 0.717) is 0 Å². The number of aryl methyl sites for hydroxylation is 1. The predicted molar refractivity (Wildman–Crippen MR) is 64.0 cm³/mol. The molecule has 2 rings (SSSR count). The molecule has 0 atom stereocenters. The van der Waals surface area contributed by atoms with Crippen molar-refractivity contribution in [1.82, 2.24) is 0 Å². The third kappa shape index (κ3) is 2.50. The molecule has 0 aromatic heterocycles. The van der Waals surface area contributed by atoms with Gasteiger partial charge in [-0.1, -0.05) is 32.0 Å². The standard InChI is InChI=1S/C11H15N.C2H6/c1-12-9-5-4-7-10-6-2-3-8-11(10)12;1-2/h2-3,6,8H,4-5,7,9H2,1H3;1-2H3. The normalized spacial score (nSPS) is 14.9. The largest absolute Gasteiger partial charge is 0.374 e. The summed E-state index contributed by atoms with van der Waals surface area (Å²) in [4.78, 5) is 2.36. The number of anilines is 1. The Balaban J connectivity index is 0.000000461. The van der Waals surface area contributed by atoms with Crippen LogP contribution in [0.4, 0.5) is 5.69 Å². The molecule has 78 valence electrons. The van der Waals surface area contributed by atoms with Gasteiger partial charge in [0, 0.05) is 19.3 Å². The highest BCUT2D eigenvalue weighted by Gasteiger charge is 2.09. The lowest BCUT2D eigenvalue weighted by Crippen LogP contribution is -2.17. The first-order chi connectivity index (χ1) is 6.88. The summed E-state index contributed by atoms with van der Waals surface area (Å²) in [7, 11) is 2.18. The first kappa shape index (κ1) is 11.1. The summed E-state index contributed by atoms with van der Waals surface area (Å²) in [6.45, 7) is 5.21. The fraction of sp³-hybridized carbons (Fsp3) is 0.538. The summed E-state index contributed by atoms with van der Waals surface area (Å²) in [5.74, 6) is 0. The van der Waals surface area contributed by atoms with Crippen LogP contribution in [0.2, 0.25) is 0 Å². The predicted octanol–water partition coefficient (Wildman–Crippen LogP) is 3.49. The molecule has 0 bridgehead atoms. The average Bonchev–Trinajstić information content (AvgIpc) is 2.45. The topological polar surface area (TPSA) is 3.24 Å². The molecule has 0 N–H and O–H groups in total. The molecular formula is C13H21N. The number of rotatable bonds is 0. The van der Waals surface area contributed by atoms with Gasteiger partial charge in [-0.25, -0.2) is 0 Å². The van der Waals surface area contributed by atoms with Gasteiger partial charge in [0.2, 0.25) is 0 Å². The fourth-order valence-electron chi connectivity index (χ4n) is 1.88. The van der Waals surface area contributed by atoms with E-state index in [-0.39, 0.29) is 0 Å². The summed E-state index contributed by atoms with van der Waals surface area (Å²) in [5, 5.41) is 0. The molecule has 0 aliphatic carbocycles. The van der Waals surface area contributed by atoms with Crippen molar-refractivity contribution in [3.05, 3.63) is 29.8 Å². The Kier molecular flexibility index (Phi) is 4.51. The van der Waals surface area contributed by atoms with E-state index in [9.17, 15) is 0 Å². The van der Waals surface area contributed by atoms with Gasteiger partial charge in [-0.3, -0.25) is 0 Å². The van der Waals surface area contributed by atoms with Crippen molar-refractivity contribution in [2.24, 2.45) is 0 Å². The zero-order valence-electron chi connectivity index (χ0n) is 9.59. The minimum atomic E-state index is 1.21. The number of hydrogen-bond donors (Lipinski definition) is 0. The lowest BCUT2D eigenvalue weighted by atomic mass is 10.1. The van der Waals surface area contributed by atoms with Gasteiger partial charge in [0.25, 0.3) is 0 Å². The molecule has 1 aliphatic heterocycles.